The highest BCUT2D eigenvalue weighted by molar-refractivity contribution is 9.10. The van der Waals surface area contributed by atoms with Crippen molar-refractivity contribution < 1.29 is 4.74 Å². The number of benzene rings is 1. The van der Waals surface area contributed by atoms with Crippen LogP contribution >= 0.6 is 15.9 Å². The van der Waals surface area contributed by atoms with Crippen molar-refractivity contribution in [2.24, 2.45) is 0 Å². The van der Waals surface area contributed by atoms with Crippen LogP contribution in [0.25, 0.3) is 0 Å². The van der Waals surface area contributed by atoms with Gasteiger partial charge in [0.2, 0.25) is 0 Å². The Kier molecular flexibility index (Phi) is 7.24. The molecule has 1 aromatic rings. The molecule has 0 heterocycles. The largest absolute Gasteiger partial charge is 0.383 e. The first kappa shape index (κ1) is 14.5. The van der Waals surface area contributed by atoms with Crippen LogP contribution in [0.4, 0.5) is 5.69 Å². The zero-order chi connectivity index (χ0) is 12.5. The van der Waals surface area contributed by atoms with Gasteiger partial charge in [0.15, 0.2) is 0 Å². The van der Waals surface area contributed by atoms with Crippen LogP contribution in [0.2, 0.25) is 0 Å². The van der Waals surface area contributed by atoms with Crippen LogP contribution in [0, 0.1) is 0 Å². The van der Waals surface area contributed by atoms with E-state index < -0.39 is 0 Å². The van der Waals surface area contributed by atoms with Gasteiger partial charge in [0.05, 0.1) is 6.61 Å². The van der Waals surface area contributed by atoms with Crippen LogP contribution < -0.4 is 5.32 Å². The Hall–Kier alpha value is -0.580. The summed E-state index contributed by atoms with van der Waals surface area (Å²) in [6.45, 7) is 6.55. The van der Waals surface area contributed by atoms with E-state index >= 15 is 0 Å². The maximum atomic E-state index is 5.32. The molecule has 0 atom stereocenters. The predicted octanol–water partition coefficient (Wildman–Crippen LogP) is 2.83. The number of nitrogens with one attached hydrogen (secondary N) is 1. The van der Waals surface area contributed by atoms with E-state index in [4.69, 9.17) is 4.74 Å². The first-order valence-electron chi connectivity index (χ1n) is 5.98. The molecule has 0 saturated carbocycles. The van der Waals surface area contributed by atoms with E-state index in [9.17, 15) is 0 Å². The molecule has 17 heavy (non-hydrogen) atoms. The SMILES string of the molecule is CCOCCN(C)CCNc1ccccc1Br. The summed E-state index contributed by atoms with van der Waals surface area (Å²) in [5.41, 5.74) is 1.14. The van der Waals surface area contributed by atoms with Gasteiger partial charge in [0, 0.05) is 36.4 Å². The van der Waals surface area contributed by atoms with Gasteiger partial charge in [0.25, 0.3) is 0 Å². The molecular formula is C13H21BrN2O. The molecule has 0 saturated heterocycles. The smallest absolute Gasteiger partial charge is 0.0593 e. The van der Waals surface area contributed by atoms with Crippen LogP contribution in [0.3, 0.4) is 0 Å². The minimum absolute atomic E-state index is 0.795. The Morgan fingerprint density at radius 1 is 1.29 bits per heavy atom. The summed E-state index contributed by atoms with van der Waals surface area (Å²) in [7, 11) is 2.11. The maximum Gasteiger partial charge on any atom is 0.0593 e. The summed E-state index contributed by atoms with van der Waals surface area (Å²) < 4.78 is 6.43. The average molecular weight is 301 g/mol. The van der Waals surface area contributed by atoms with Crippen molar-refractivity contribution in [2.45, 2.75) is 6.92 Å². The van der Waals surface area contributed by atoms with Gasteiger partial charge in [-0.3, -0.25) is 0 Å². The fourth-order valence-corrected chi connectivity index (χ4v) is 1.89. The Balaban J connectivity index is 2.17. The molecule has 0 aliphatic heterocycles. The monoisotopic (exact) mass is 300 g/mol. The summed E-state index contributed by atoms with van der Waals surface area (Å²) in [6.07, 6.45) is 0. The summed E-state index contributed by atoms with van der Waals surface area (Å²) >= 11 is 3.52. The molecule has 96 valence electrons. The molecule has 4 heteroatoms. The van der Waals surface area contributed by atoms with Crippen molar-refractivity contribution >= 4 is 21.6 Å². The lowest BCUT2D eigenvalue weighted by Gasteiger charge is -2.17. The third-order valence-electron chi connectivity index (χ3n) is 2.50. The number of hydrogen-bond acceptors (Lipinski definition) is 3. The normalized spacial score (nSPS) is 10.8. The zero-order valence-electron chi connectivity index (χ0n) is 10.6. The Morgan fingerprint density at radius 3 is 2.76 bits per heavy atom. The van der Waals surface area contributed by atoms with Crippen molar-refractivity contribution in [2.75, 3.05) is 45.2 Å². The van der Waals surface area contributed by atoms with Gasteiger partial charge in [-0.1, -0.05) is 12.1 Å². The molecule has 1 rings (SSSR count). The first-order valence-corrected chi connectivity index (χ1v) is 6.78. The molecule has 0 aliphatic rings. The van der Waals surface area contributed by atoms with Crippen LogP contribution in [-0.2, 0) is 4.74 Å². The van der Waals surface area contributed by atoms with Gasteiger partial charge < -0.3 is 15.0 Å². The molecule has 0 fully saturated rings. The summed E-state index contributed by atoms with van der Waals surface area (Å²) in [6, 6.07) is 8.17. The Morgan fingerprint density at radius 2 is 2.06 bits per heavy atom. The van der Waals surface area contributed by atoms with E-state index in [0.717, 1.165) is 43.0 Å². The number of nitrogens with zero attached hydrogens (tertiary/aromatic N) is 1. The second-order valence-electron chi connectivity index (χ2n) is 3.91. The standard InChI is InChI=1S/C13H21BrN2O/c1-3-17-11-10-16(2)9-8-15-13-7-5-4-6-12(13)14/h4-7,15H,3,8-11H2,1-2H3. The minimum atomic E-state index is 0.795. The second-order valence-corrected chi connectivity index (χ2v) is 4.76. The summed E-state index contributed by atoms with van der Waals surface area (Å²) in [5.74, 6) is 0. The molecule has 0 amide bonds. The van der Waals surface area contributed by atoms with Gasteiger partial charge >= 0.3 is 0 Å². The quantitative estimate of drug-likeness (QED) is 0.747. The summed E-state index contributed by atoms with van der Waals surface area (Å²) in [5, 5.41) is 3.40. The van der Waals surface area contributed by atoms with E-state index in [1.54, 1.807) is 0 Å². The van der Waals surface area contributed by atoms with Gasteiger partial charge in [0.1, 0.15) is 0 Å². The predicted molar refractivity (Wildman–Crippen MR) is 76.6 cm³/mol. The molecule has 0 aromatic heterocycles. The third kappa shape index (κ3) is 6.05. The Labute approximate surface area is 112 Å². The van der Waals surface area contributed by atoms with Gasteiger partial charge in [-0.15, -0.1) is 0 Å². The highest BCUT2D eigenvalue weighted by atomic mass is 79.9. The van der Waals surface area contributed by atoms with Crippen LogP contribution in [0.5, 0.6) is 0 Å². The molecule has 3 nitrogen and oxygen atoms in total. The zero-order valence-corrected chi connectivity index (χ0v) is 12.2. The average Bonchev–Trinajstić information content (AvgIpc) is 2.32. The van der Waals surface area contributed by atoms with Crippen molar-refractivity contribution in [3.8, 4) is 0 Å². The molecule has 1 N–H and O–H groups in total. The topological polar surface area (TPSA) is 24.5 Å². The van der Waals surface area contributed by atoms with Crippen molar-refractivity contribution in [1.82, 2.24) is 4.90 Å². The molecule has 0 spiro atoms. The molecular weight excluding hydrogens is 280 g/mol. The Bertz CT molecular complexity index is 320. The van der Waals surface area contributed by atoms with Gasteiger partial charge in [-0.2, -0.15) is 0 Å². The second kappa shape index (κ2) is 8.50. The minimum Gasteiger partial charge on any atom is -0.383 e. The van der Waals surface area contributed by atoms with Crippen LogP contribution in [0.1, 0.15) is 6.92 Å². The molecule has 0 aliphatic carbocycles. The third-order valence-corrected chi connectivity index (χ3v) is 3.20. The van der Waals surface area contributed by atoms with E-state index in [1.807, 2.05) is 25.1 Å². The van der Waals surface area contributed by atoms with Crippen molar-refractivity contribution in [1.29, 1.82) is 0 Å². The number of ether oxygens (including phenoxy) is 1. The molecule has 0 bridgehead atoms. The molecule has 0 unspecified atom stereocenters. The number of halogens is 1. The fourth-order valence-electron chi connectivity index (χ4n) is 1.46. The van der Waals surface area contributed by atoms with Crippen molar-refractivity contribution in [3.63, 3.8) is 0 Å². The summed E-state index contributed by atoms with van der Waals surface area (Å²) in [4.78, 5) is 2.26. The molecule has 0 radical (unpaired) electrons. The first-order chi connectivity index (χ1) is 8.24. The fraction of sp³-hybridized carbons (Fsp3) is 0.538. The molecule has 1 aromatic carbocycles. The van der Waals surface area contributed by atoms with Crippen LogP contribution in [-0.4, -0.2) is 44.8 Å². The van der Waals surface area contributed by atoms with Crippen molar-refractivity contribution in [3.05, 3.63) is 28.7 Å². The lowest BCUT2D eigenvalue weighted by molar-refractivity contribution is 0.123. The number of rotatable bonds is 8. The lowest BCUT2D eigenvalue weighted by Crippen LogP contribution is -2.28. The van der Waals surface area contributed by atoms with Gasteiger partial charge in [-0.25, -0.2) is 0 Å². The van der Waals surface area contributed by atoms with E-state index in [-0.39, 0.29) is 0 Å². The van der Waals surface area contributed by atoms with E-state index in [1.165, 1.54) is 0 Å². The highest BCUT2D eigenvalue weighted by Crippen LogP contribution is 2.20. The number of para-hydroxylation sites is 1. The highest BCUT2D eigenvalue weighted by Gasteiger charge is 1.99. The van der Waals surface area contributed by atoms with E-state index in [0.29, 0.717) is 0 Å². The number of likely N-dealkylation sites (N-methyl/N-ethyl adjacent to an activating group) is 1. The van der Waals surface area contributed by atoms with Gasteiger partial charge in [-0.05, 0) is 42.0 Å². The maximum absolute atomic E-state index is 5.32. The van der Waals surface area contributed by atoms with E-state index in [2.05, 4.69) is 39.3 Å². The lowest BCUT2D eigenvalue weighted by atomic mass is 10.3. The number of hydrogen-bond donors (Lipinski definition) is 1. The van der Waals surface area contributed by atoms with Crippen LogP contribution in [0.15, 0.2) is 28.7 Å². The number of anilines is 1.